The van der Waals surface area contributed by atoms with Gasteiger partial charge in [-0.05, 0) is 18.4 Å². The number of aliphatic carboxylic acids is 1. The lowest BCUT2D eigenvalue weighted by Crippen LogP contribution is -2.55. The first-order chi connectivity index (χ1) is 9.56. The Morgan fingerprint density at radius 1 is 1.20 bits per heavy atom. The van der Waals surface area contributed by atoms with Gasteiger partial charge in [-0.2, -0.15) is 4.31 Å². The molecule has 6 heteroatoms. The highest BCUT2D eigenvalue weighted by molar-refractivity contribution is 7.76. The highest BCUT2D eigenvalue weighted by Crippen LogP contribution is 2.35. The van der Waals surface area contributed by atoms with Gasteiger partial charge in [0.25, 0.3) is 0 Å². The summed E-state index contributed by atoms with van der Waals surface area (Å²) in [5, 5.41) is 9.60. The fourth-order valence-corrected chi connectivity index (χ4v) is 3.63. The molecular formula is C14H19NO4S. The van der Waals surface area contributed by atoms with Crippen molar-refractivity contribution in [3.8, 4) is 0 Å². The molecule has 0 aliphatic heterocycles. The van der Waals surface area contributed by atoms with E-state index in [0.717, 1.165) is 24.8 Å². The van der Waals surface area contributed by atoms with Gasteiger partial charge in [0.05, 0.1) is 0 Å². The van der Waals surface area contributed by atoms with Crippen molar-refractivity contribution in [2.24, 2.45) is 0 Å². The van der Waals surface area contributed by atoms with E-state index in [1.165, 1.54) is 4.31 Å². The Morgan fingerprint density at radius 2 is 1.80 bits per heavy atom. The Kier molecular flexibility index (Phi) is 4.91. The van der Waals surface area contributed by atoms with Gasteiger partial charge in [0.1, 0.15) is 5.54 Å². The summed E-state index contributed by atoms with van der Waals surface area (Å²) in [6, 6.07) is 9.19. The minimum atomic E-state index is -2.31. The van der Waals surface area contributed by atoms with Crippen molar-refractivity contribution < 1.29 is 18.7 Å². The fraction of sp³-hybridized carbons (Fsp3) is 0.500. The van der Waals surface area contributed by atoms with Gasteiger partial charge >= 0.3 is 5.97 Å². The monoisotopic (exact) mass is 297 g/mol. The van der Waals surface area contributed by atoms with Crippen LogP contribution in [-0.2, 0) is 22.6 Å². The summed E-state index contributed by atoms with van der Waals surface area (Å²) in [6.07, 6.45) is 3.36. The van der Waals surface area contributed by atoms with E-state index in [-0.39, 0.29) is 6.54 Å². The predicted octanol–water partition coefficient (Wildman–Crippen LogP) is 2.41. The van der Waals surface area contributed by atoms with Gasteiger partial charge in [0.2, 0.25) is 11.3 Å². The number of carboxylic acid groups (broad SMARTS) is 1. The second kappa shape index (κ2) is 6.47. The highest BCUT2D eigenvalue weighted by Gasteiger charge is 2.47. The molecule has 1 aromatic rings. The molecule has 1 fully saturated rings. The van der Waals surface area contributed by atoms with E-state index in [2.05, 4.69) is 0 Å². The molecule has 0 heterocycles. The number of rotatable bonds is 5. The summed E-state index contributed by atoms with van der Waals surface area (Å²) in [7, 11) is 0. The van der Waals surface area contributed by atoms with Crippen LogP contribution in [0.25, 0.3) is 0 Å². The molecule has 110 valence electrons. The third-order valence-corrected chi connectivity index (χ3v) is 4.77. The number of hydrogen-bond acceptors (Lipinski definition) is 2. The molecule has 1 aliphatic carbocycles. The normalized spacial score (nSPS) is 19.7. The second-order valence-electron chi connectivity index (χ2n) is 5.15. The largest absolute Gasteiger partial charge is 0.480 e. The van der Waals surface area contributed by atoms with Gasteiger partial charge in [-0.15, -0.1) is 0 Å². The fourth-order valence-electron chi connectivity index (χ4n) is 2.81. The molecule has 20 heavy (non-hydrogen) atoms. The quantitative estimate of drug-likeness (QED) is 0.818. The van der Waals surface area contributed by atoms with Crippen LogP contribution in [0.1, 0.15) is 37.7 Å². The summed E-state index contributed by atoms with van der Waals surface area (Å²) in [5.41, 5.74) is -0.394. The minimum Gasteiger partial charge on any atom is -0.480 e. The van der Waals surface area contributed by atoms with Gasteiger partial charge in [-0.3, -0.25) is 9.35 Å². The zero-order valence-electron chi connectivity index (χ0n) is 11.2. The standard InChI is InChI=1S/C14H19NO4S/c16-13(17)14(9-5-2-6-10-14)15(20(18)19)11-12-7-3-1-4-8-12/h1,3-4,7-8H,2,5-6,9-11H2,(H,16,17)(H,18,19). The van der Waals surface area contributed by atoms with Crippen molar-refractivity contribution >= 4 is 17.2 Å². The summed E-state index contributed by atoms with van der Waals surface area (Å²) in [6.45, 7) is 0.163. The van der Waals surface area contributed by atoms with E-state index >= 15 is 0 Å². The summed E-state index contributed by atoms with van der Waals surface area (Å²) < 4.78 is 22.5. The van der Waals surface area contributed by atoms with Crippen LogP contribution in [0.15, 0.2) is 30.3 Å². The zero-order chi connectivity index (χ0) is 14.6. The molecule has 1 saturated carbocycles. The molecule has 1 aromatic carbocycles. The number of hydrogen-bond donors (Lipinski definition) is 2. The van der Waals surface area contributed by atoms with Gasteiger partial charge in [0.15, 0.2) is 0 Å². The molecule has 0 saturated heterocycles. The third kappa shape index (κ3) is 3.08. The Bertz CT molecular complexity index is 485. The predicted molar refractivity (Wildman–Crippen MR) is 76.2 cm³/mol. The molecule has 1 aliphatic rings. The molecule has 0 amide bonds. The number of carbonyl (C=O) groups is 1. The Labute approximate surface area is 121 Å². The molecule has 1 unspecified atom stereocenters. The Balaban J connectivity index is 2.30. The van der Waals surface area contributed by atoms with E-state index in [4.69, 9.17) is 0 Å². The molecule has 0 radical (unpaired) electrons. The SMILES string of the molecule is O=C(O)C1(N(Cc2ccccc2)S(=O)O)CCCCC1. The minimum absolute atomic E-state index is 0.163. The second-order valence-corrected chi connectivity index (χ2v) is 6.05. The smallest absolute Gasteiger partial charge is 0.325 e. The Morgan fingerprint density at radius 3 is 2.30 bits per heavy atom. The number of benzene rings is 1. The van der Waals surface area contributed by atoms with Crippen LogP contribution in [0.2, 0.25) is 0 Å². The van der Waals surface area contributed by atoms with Crippen molar-refractivity contribution in [2.45, 2.75) is 44.2 Å². The first-order valence-electron chi connectivity index (χ1n) is 6.72. The van der Waals surface area contributed by atoms with Crippen molar-refractivity contribution in [2.75, 3.05) is 0 Å². The van der Waals surface area contributed by atoms with E-state index in [0.29, 0.717) is 12.8 Å². The molecule has 2 N–H and O–H groups in total. The lowest BCUT2D eigenvalue weighted by Gasteiger charge is -2.40. The Hall–Kier alpha value is -1.24. The van der Waals surface area contributed by atoms with Gasteiger partial charge in [-0.25, -0.2) is 4.21 Å². The van der Waals surface area contributed by atoms with Gasteiger partial charge in [-0.1, -0.05) is 49.6 Å². The van der Waals surface area contributed by atoms with Gasteiger partial charge < -0.3 is 5.11 Å². The van der Waals surface area contributed by atoms with E-state index < -0.39 is 22.8 Å². The number of carboxylic acids is 1. The molecule has 5 nitrogen and oxygen atoms in total. The molecule has 0 bridgehead atoms. The zero-order valence-corrected chi connectivity index (χ0v) is 12.0. The van der Waals surface area contributed by atoms with Crippen molar-refractivity contribution in [1.29, 1.82) is 0 Å². The van der Waals surface area contributed by atoms with Crippen molar-refractivity contribution in [3.05, 3.63) is 35.9 Å². The van der Waals surface area contributed by atoms with Crippen LogP contribution < -0.4 is 0 Å². The maximum absolute atomic E-state index is 11.7. The topological polar surface area (TPSA) is 77.8 Å². The van der Waals surface area contributed by atoms with E-state index in [1.54, 1.807) is 0 Å². The van der Waals surface area contributed by atoms with Crippen LogP contribution in [0.3, 0.4) is 0 Å². The summed E-state index contributed by atoms with van der Waals surface area (Å²) in [5.74, 6) is -1.00. The van der Waals surface area contributed by atoms with Crippen LogP contribution in [0, 0.1) is 0 Å². The van der Waals surface area contributed by atoms with E-state index in [9.17, 15) is 18.7 Å². The molecule has 1 atom stereocenters. The van der Waals surface area contributed by atoms with Gasteiger partial charge in [0, 0.05) is 6.54 Å². The molecule has 0 aromatic heterocycles. The third-order valence-electron chi connectivity index (χ3n) is 3.91. The van der Waals surface area contributed by atoms with Crippen molar-refractivity contribution in [1.82, 2.24) is 4.31 Å². The van der Waals surface area contributed by atoms with Crippen LogP contribution in [0.4, 0.5) is 0 Å². The number of nitrogens with zero attached hydrogens (tertiary/aromatic N) is 1. The molecule has 2 rings (SSSR count). The van der Waals surface area contributed by atoms with E-state index in [1.807, 2.05) is 30.3 Å². The van der Waals surface area contributed by atoms with Crippen molar-refractivity contribution in [3.63, 3.8) is 0 Å². The first kappa shape index (κ1) is 15.2. The molecular weight excluding hydrogens is 278 g/mol. The lowest BCUT2D eigenvalue weighted by atomic mass is 9.81. The average molecular weight is 297 g/mol. The van der Waals surface area contributed by atoms with Crippen LogP contribution in [0.5, 0.6) is 0 Å². The van der Waals surface area contributed by atoms with Crippen LogP contribution in [-0.4, -0.2) is 29.7 Å². The maximum atomic E-state index is 11.7. The summed E-state index contributed by atoms with van der Waals surface area (Å²) in [4.78, 5) is 11.7. The molecule has 0 spiro atoms. The average Bonchev–Trinajstić information content (AvgIpc) is 2.46. The first-order valence-corrected chi connectivity index (χ1v) is 7.78. The maximum Gasteiger partial charge on any atom is 0.325 e. The van der Waals surface area contributed by atoms with Crippen LogP contribution >= 0.6 is 0 Å². The lowest BCUT2D eigenvalue weighted by molar-refractivity contribution is -0.150. The highest BCUT2D eigenvalue weighted by atomic mass is 32.2. The summed E-state index contributed by atoms with van der Waals surface area (Å²) >= 11 is -2.31.